The molecule has 1 N–H and O–H groups in total. The first-order valence-electron chi connectivity index (χ1n) is 24.7. The van der Waals surface area contributed by atoms with Crippen molar-refractivity contribution < 1.29 is 38.4 Å². The van der Waals surface area contributed by atoms with E-state index in [9.17, 15) is 24.3 Å². The fourth-order valence-corrected chi connectivity index (χ4v) is 10.6. The van der Waals surface area contributed by atoms with Crippen molar-refractivity contribution in [3.63, 3.8) is 0 Å². The normalized spacial score (nSPS) is 19.4. The molecule has 5 heterocycles. The molecule has 7 rings (SSSR count). The first-order valence-corrected chi connectivity index (χ1v) is 24.7. The molecule has 4 atom stereocenters. The summed E-state index contributed by atoms with van der Waals surface area (Å²) in [5.74, 6) is 2.25. The van der Waals surface area contributed by atoms with Gasteiger partial charge in [-0.1, -0.05) is 86.5 Å². The number of pyridine rings is 2. The number of aryl methyl sites for hydroxylation is 1. The number of aliphatic hydroxyl groups is 1. The van der Waals surface area contributed by atoms with Gasteiger partial charge in [-0.05, 0) is 130 Å². The van der Waals surface area contributed by atoms with Gasteiger partial charge in [0, 0.05) is 22.1 Å². The summed E-state index contributed by atoms with van der Waals surface area (Å²) in [5, 5.41) is 12.0. The fourth-order valence-electron chi connectivity index (χ4n) is 10.6. The van der Waals surface area contributed by atoms with Gasteiger partial charge < -0.3 is 28.6 Å². The van der Waals surface area contributed by atoms with Gasteiger partial charge in [0.15, 0.2) is 5.60 Å². The van der Waals surface area contributed by atoms with Gasteiger partial charge in [0.1, 0.15) is 29.5 Å². The Balaban J connectivity index is 0.939. The number of nitrogens with zero attached hydrogens (tertiary/aromatic N) is 2. The molecule has 0 saturated heterocycles. The van der Waals surface area contributed by atoms with Crippen molar-refractivity contribution in [2.75, 3.05) is 0 Å². The summed E-state index contributed by atoms with van der Waals surface area (Å²) in [6.07, 6.45) is 13.4. The summed E-state index contributed by atoms with van der Waals surface area (Å²) in [6.45, 7) is 21.4. The Bertz CT molecular complexity index is 2570. The van der Waals surface area contributed by atoms with Crippen LogP contribution >= 0.6 is 0 Å². The average molecular weight is 905 g/mol. The molecule has 0 fully saturated rings. The van der Waals surface area contributed by atoms with E-state index in [4.69, 9.17) is 23.9 Å². The van der Waals surface area contributed by atoms with E-state index in [1.54, 1.807) is 35.8 Å². The number of cyclic esters (lactones) is 1. The van der Waals surface area contributed by atoms with Crippen molar-refractivity contribution in [1.82, 2.24) is 9.55 Å². The highest BCUT2D eigenvalue weighted by molar-refractivity contribution is 5.90. The fraction of sp³-hybridized carbons (Fsp3) is 0.582. The molecular weight excluding hydrogens is 833 g/mol. The molecule has 0 saturated carbocycles. The molecule has 4 aromatic rings. The topological polar surface area (TPSA) is 143 Å². The number of fused-ring (bicyclic) bond motifs is 6. The Kier molecular flexibility index (Phi) is 14.9. The van der Waals surface area contributed by atoms with E-state index in [0.717, 1.165) is 82.0 Å². The van der Waals surface area contributed by atoms with Crippen LogP contribution in [0.1, 0.15) is 176 Å². The number of esters is 3. The molecule has 0 bridgehead atoms. The number of aromatic nitrogens is 2. The molecule has 2 aromatic heterocycles. The van der Waals surface area contributed by atoms with Gasteiger partial charge in [-0.3, -0.25) is 14.4 Å². The lowest BCUT2D eigenvalue weighted by Gasteiger charge is -2.38. The second-order valence-electron chi connectivity index (χ2n) is 20.4. The Morgan fingerprint density at radius 1 is 0.848 bits per heavy atom. The van der Waals surface area contributed by atoms with Gasteiger partial charge in [0.2, 0.25) is 0 Å². The van der Waals surface area contributed by atoms with Crippen LogP contribution in [0, 0.1) is 38.5 Å². The maximum atomic E-state index is 13.7. The summed E-state index contributed by atoms with van der Waals surface area (Å²) in [6, 6.07) is 6.89. The molecule has 0 unspecified atom stereocenters. The zero-order valence-corrected chi connectivity index (χ0v) is 41.2. The lowest BCUT2D eigenvalue weighted by Crippen LogP contribution is -2.44. The molecule has 0 spiro atoms. The maximum Gasteiger partial charge on any atom is 0.343 e. The minimum Gasteiger partial charge on any atom is -0.487 e. The van der Waals surface area contributed by atoms with Crippen molar-refractivity contribution in [2.45, 2.75) is 190 Å². The number of benzene rings is 2. The number of rotatable bonds is 19. The van der Waals surface area contributed by atoms with Gasteiger partial charge in [-0.2, -0.15) is 0 Å². The monoisotopic (exact) mass is 905 g/mol. The van der Waals surface area contributed by atoms with Gasteiger partial charge in [0.05, 0.1) is 41.9 Å². The zero-order chi connectivity index (χ0) is 47.7. The van der Waals surface area contributed by atoms with Crippen molar-refractivity contribution in [2.24, 2.45) is 17.8 Å². The summed E-state index contributed by atoms with van der Waals surface area (Å²) < 4.78 is 25.4. The molecule has 2 aromatic carbocycles. The van der Waals surface area contributed by atoms with E-state index in [2.05, 4.69) is 34.6 Å². The summed E-state index contributed by atoms with van der Waals surface area (Å²) in [4.78, 5) is 57.8. The third-order valence-electron chi connectivity index (χ3n) is 14.9. The first kappa shape index (κ1) is 48.9. The van der Waals surface area contributed by atoms with Gasteiger partial charge in [-0.25, -0.2) is 9.78 Å². The summed E-state index contributed by atoms with van der Waals surface area (Å²) >= 11 is 0. The van der Waals surface area contributed by atoms with E-state index >= 15 is 0 Å². The molecule has 356 valence electrons. The van der Waals surface area contributed by atoms with Crippen molar-refractivity contribution in [3.05, 3.63) is 79.1 Å². The Morgan fingerprint density at radius 2 is 1.52 bits per heavy atom. The van der Waals surface area contributed by atoms with Gasteiger partial charge in [0.25, 0.3) is 5.56 Å². The highest BCUT2D eigenvalue weighted by Crippen LogP contribution is 2.46. The minimum atomic E-state index is -1.91. The number of hydrogen-bond acceptors (Lipinski definition) is 10. The van der Waals surface area contributed by atoms with Crippen molar-refractivity contribution in [3.8, 4) is 28.6 Å². The number of carbonyl (C=O) groups is 3. The Hall–Kier alpha value is -5.03. The molecule has 66 heavy (non-hydrogen) atoms. The van der Waals surface area contributed by atoms with Gasteiger partial charge >= 0.3 is 17.9 Å². The van der Waals surface area contributed by atoms with Crippen LogP contribution in [-0.2, 0) is 50.7 Å². The predicted octanol–water partition coefficient (Wildman–Crippen LogP) is 11.4. The number of carbonyl (C=O) groups excluding carboxylic acids is 3. The molecule has 0 amide bonds. The van der Waals surface area contributed by atoms with E-state index in [1.807, 2.05) is 27.7 Å². The van der Waals surface area contributed by atoms with Crippen molar-refractivity contribution in [1.29, 1.82) is 0 Å². The third kappa shape index (κ3) is 9.97. The largest absolute Gasteiger partial charge is 0.487 e. The summed E-state index contributed by atoms with van der Waals surface area (Å²) in [7, 11) is 0. The SMILES string of the molecule is CCc1c2c(nc3ccc(OC(=O)CCC(=O)Oc4c(C)c(C)c5c(c4C)CC[C@](C)(CCC[C@@H](C)CCC[C@@H](C)CCCC(C)C)O5)cc13)-c1cc3c(c(=O)n1C2)COC(=O)[C@]3(O)CC. The molecule has 11 nitrogen and oxygen atoms in total. The van der Waals surface area contributed by atoms with Crippen LogP contribution in [0.3, 0.4) is 0 Å². The highest BCUT2D eigenvalue weighted by Gasteiger charge is 2.45. The van der Waals surface area contributed by atoms with E-state index < -0.39 is 23.5 Å². The lowest BCUT2D eigenvalue weighted by atomic mass is 9.83. The minimum absolute atomic E-state index is 0.0599. The zero-order valence-electron chi connectivity index (χ0n) is 41.2. The standard InChI is InChI=1S/C55H72N2O9/c1-11-39-41-28-38(21-22-45(41)56-49-42(39)30-57-46(49)29-44-43(52(57)60)31-63-53(61)55(44,62)12-2)64-47(58)23-24-48(59)65-50-35(7)36(8)51-40(37(50)9)25-27-54(10,66-51)26-15-20-34(6)19-14-18-33(5)17-13-16-32(3)4/h21-22,28-29,32-34,62H,11-20,23-27,30-31H2,1-10H3/t33-,34-,54-,55-/m0/s1. The van der Waals surface area contributed by atoms with Crippen LogP contribution in [0.25, 0.3) is 22.3 Å². The number of ether oxygens (including phenoxy) is 4. The quantitative estimate of drug-likeness (QED) is 0.0628. The van der Waals surface area contributed by atoms with Crippen LogP contribution in [0.5, 0.6) is 17.2 Å². The second-order valence-corrected chi connectivity index (χ2v) is 20.4. The van der Waals surface area contributed by atoms with Gasteiger partial charge in [-0.15, -0.1) is 0 Å². The first-order chi connectivity index (χ1) is 31.4. The van der Waals surface area contributed by atoms with E-state index in [-0.39, 0.29) is 54.7 Å². The van der Waals surface area contributed by atoms with Crippen LogP contribution < -0.4 is 19.8 Å². The Labute approximate surface area is 391 Å². The van der Waals surface area contributed by atoms with Crippen LogP contribution in [-0.4, -0.2) is 38.2 Å². The van der Waals surface area contributed by atoms with Crippen LogP contribution in [0.15, 0.2) is 29.1 Å². The lowest BCUT2D eigenvalue weighted by molar-refractivity contribution is -0.172. The molecule has 0 aliphatic carbocycles. The molecule has 3 aliphatic rings. The number of hydrogen-bond donors (Lipinski definition) is 1. The molecule has 3 aliphatic heterocycles. The molecular formula is C55H72N2O9. The Morgan fingerprint density at radius 3 is 2.18 bits per heavy atom. The maximum absolute atomic E-state index is 13.7. The third-order valence-corrected chi connectivity index (χ3v) is 14.9. The highest BCUT2D eigenvalue weighted by atomic mass is 16.6. The van der Waals surface area contributed by atoms with Crippen LogP contribution in [0.2, 0.25) is 0 Å². The molecule has 11 heteroatoms. The molecule has 0 radical (unpaired) electrons. The second kappa shape index (κ2) is 20.1. The van der Waals surface area contributed by atoms with E-state index in [0.29, 0.717) is 40.7 Å². The van der Waals surface area contributed by atoms with Crippen molar-refractivity contribution >= 4 is 28.8 Å². The van der Waals surface area contributed by atoms with Crippen LogP contribution in [0.4, 0.5) is 0 Å². The van der Waals surface area contributed by atoms with E-state index in [1.165, 1.54) is 44.9 Å². The average Bonchev–Trinajstić information content (AvgIpc) is 3.65. The summed E-state index contributed by atoms with van der Waals surface area (Å²) in [5.41, 5.74) is 5.46. The smallest absolute Gasteiger partial charge is 0.343 e. The predicted molar refractivity (Wildman–Crippen MR) is 257 cm³/mol.